The smallest absolute Gasteiger partial charge is 0.0786 e. The summed E-state index contributed by atoms with van der Waals surface area (Å²) in [6.07, 6.45) is 8.98. The van der Waals surface area contributed by atoms with Crippen molar-refractivity contribution in [1.82, 2.24) is 20.9 Å². The second-order valence-electron chi connectivity index (χ2n) is 10.3. The maximum Gasteiger partial charge on any atom is 0.0786 e. The van der Waals surface area contributed by atoms with Crippen LogP contribution in [-0.2, 0) is 0 Å². The molecule has 3 unspecified atom stereocenters. The van der Waals surface area contributed by atoms with Gasteiger partial charge in [-0.15, -0.1) is 0 Å². The molecule has 7 heteroatoms. The molecule has 194 valence electrons. The molecule has 7 nitrogen and oxygen atoms in total. The molecule has 0 aromatic heterocycles. The molecule has 1 heterocycles. The molecule has 32 heavy (non-hydrogen) atoms. The quantitative estimate of drug-likeness (QED) is 0.297. The molecule has 0 amide bonds. The molecular weight excluding hydrogens is 400 g/mol. The van der Waals surface area contributed by atoms with Gasteiger partial charge < -0.3 is 37.4 Å². The van der Waals surface area contributed by atoms with Gasteiger partial charge in [-0.25, -0.2) is 0 Å². The van der Waals surface area contributed by atoms with Crippen molar-refractivity contribution < 1.29 is 5.11 Å². The van der Waals surface area contributed by atoms with Crippen LogP contribution in [0.1, 0.15) is 86.5 Å². The molecule has 8 N–H and O–H groups in total. The first kappa shape index (κ1) is 31.7. The lowest BCUT2D eigenvalue weighted by Gasteiger charge is -2.30. The Morgan fingerprint density at radius 3 is 1.94 bits per heavy atom. The van der Waals surface area contributed by atoms with Gasteiger partial charge in [-0.05, 0) is 38.8 Å². The Balaban J connectivity index is 0.000000456. The first-order valence-electron chi connectivity index (χ1n) is 13.2. The van der Waals surface area contributed by atoms with E-state index >= 15 is 0 Å². The Hall–Kier alpha value is -0.280. The summed E-state index contributed by atoms with van der Waals surface area (Å²) in [5.74, 6) is 0. The average molecular weight is 459 g/mol. The van der Waals surface area contributed by atoms with Crippen LogP contribution in [0.25, 0.3) is 0 Å². The van der Waals surface area contributed by atoms with E-state index in [0.717, 1.165) is 6.54 Å². The van der Waals surface area contributed by atoms with Crippen LogP contribution in [0.5, 0.6) is 0 Å². The number of aliphatic hydroxyl groups excluding tert-OH is 1. The lowest BCUT2D eigenvalue weighted by Crippen LogP contribution is -2.49. The molecule has 1 saturated heterocycles. The number of piperidine rings is 1. The minimum atomic E-state index is -0.396. The Labute approximate surface area is 199 Å². The SMILES string of the molecule is CC(C)NC1CCCCC1N.CC(C)NCC(O)CN.CC(C)NCCN1CCCCC1. The molecule has 2 fully saturated rings. The highest BCUT2D eigenvalue weighted by Gasteiger charge is 2.21. The van der Waals surface area contributed by atoms with E-state index in [0.29, 0.717) is 43.3 Å². The third kappa shape index (κ3) is 19.2. The largest absolute Gasteiger partial charge is 0.390 e. The fraction of sp³-hybridized carbons (Fsp3) is 1.00. The number of nitrogens with one attached hydrogen (secondary N) is 3. The van der Waals surface area contributed by atoms with Gasteiger partial charge in [0.2, 0.25) is 0 Å². The predicted octanol–water partition coefficient (Wildman–Crippen LogP) is 2.03. The fourth-order valence-electron chi connectivity index (χ4n) is 3.94. The van der Waals surface area contributed by atoms with Crippen molar-refractivity contribution in [2.24, 2.45) is 11.5 Å². The summed E-state index contributed by atoms with van der Waals surface area (Å²) in [6.45, 7) is 18.8. The van der Waals surface area contributed by atoms with Crippen LogP contribution < -0.4 is 27.4 Å². The number of hydrogen-bond acceptors (Lipinski definition) is 7. The third-order valence-corrected chi connectivity index (χ3v) is 5.83. The maximum absolute atomic E-state index is 8.92. The van der Waals surface area contributed by atoms with Gasteiger partial charge in [-0.2, -0.15) is 0 Å². The Morgan fingerprint density at radius 2 is 1.44 bits per heavy atom. The number of rotatable bonds is 10. The number of likely N-dealkylation sites (tertiary alicyclic amines) is 1. The summed E-state index contributed by atoms with van der Waals surface area (Å²) >= 11 is 0. The number of aliphatic hydroxyl groups is 1. The normalized spacial score (nSPS) is 22.9. The highest BCUT2D eigenvalue weighted by Crippen LogP contribution is 2.17. The van der Waals surface area contributed by atoms with Crippen LogP contribution in [0.15, 0.2) is 0 Å². The highest BCUT2D eigenvalue weighted by molar-refractivity contribution is 4.84. The van der Waals surface area contributed by atoms with Crippen LogP contribution in [-0.4, -0.2) is 85.6 Å². The monoisotopic (exact) mass is 458 g/mol. The van der Waals surface area contributed by atoms with Gasteiger partial charge in [0.25, 0.3) is 0 Å². The molecule has 1 aliphatic carbocycles. The van der Waals surface area contributed by atoms with E-state index in [-0.39, 0.29) is 0 Å². The van der Waals surface area contributed by atoms with Gasteiger partial charge in [-0.3, -0.25) is 0 Å². The molecule has 0 radical (unpaired) electrons. The Morgan fingerprint density at radius 1 is 0.844 bits per heavy atom. The second-order valence-corrected chi connectivity index (χ2v) is 10.3. The maximum atomic E-state index is 8.92. The zero-order valence-electron chi connectivity index (χ0n) is 22.2. The van der Waals surface area contributed by atoms with Crippen LogP contribution in [0.2, 0.25) is 0 Å². The van der Waals surface area contributed by atoms with E-state index in [1.54, 1.807) is 0 Å². The van der Waals surface area contributed by atoms with E-state index in [4.69, 9.17) is 16.6 Å². The van der Waals surface area contributed by atoms with Crippen molar-refractivity contribution in [2.75, 3.05) is 39.3 Å². The Kier molecular flexibility index (Phi) is 19.9. The summed E-state index contributed by atoms with van der Waals surface area (Å²) in [7, 11) is 0. The summed E-state index contributed by atoms with van der Waals surface area (Å²) in [4.78, 5) is 2.57. The third-order valence-electron chi connectivity index (χ3n) is 5.83. The summed E-state index contributed by atoms with van der Waals surface area (Å²) < 4.78 is 0. The second kappa shape index (κ2) is 20.1. The molecule has 0 spiro atoms. The van der Waals surface area contributed by atoms with Crippen molar-refractivity contribution >= 4 is 0 Å². The lowest BCUT2D eigenvalue weighted by atomic mass is 9.90. The first-order valence-corrected chi connectivity index (χ1v) is 13.2. The van der Waals surface area contributed by atoms with Gasteiger partial charge in [0.05, 0.1) is 6.10 Å². The van der Waals surface area contributed by atoms with Gasteiger partial charge in [-0.1, -0.05) is 60.8 Å². The predicted molar refractivity (Wildman–Crippen MR) is 140 cm³/mol. The average Bonchev–Trinajstić information content (AvgIpc) is 2.75. The van der Waals surface area contributed by atoms with Crippen LogP contribution in [0.4, 0.5) is 0 Å². The molecule has 0 aromatic rings. The van der Waals surface area contributed by atoms with E-state index in [9.17, 15) is 0 Å². The summed E-state index contributed by atoms with van der Waals surface area (Å²) in [6, 6.07) is 2.60. The van der Waals surface area contributed by atoms with Crippen molar-refractivity contribution in [3.8, 4) is 0 Å². The van der Waals surface area contributed by atoms with Gasteiger partial charge in [0.15, 0.2) is 0 Å². The highest BCUT2D eigenvalue weighted by atomic mass is 16.3. The molecule has 2 aliphatic rings. The van der Waals surface area contributed by atoms with Gasteiger partial charge in [0.1, 0.15) is 0 Å². The number of hydrogen-bond donors (Lipinski definition) is 6. The zero-order valence-corrected chi connectivity index (χ0v) is 22.2. The molecule has 1 aliphatic heterocycles. The van der Waals surface area contributed by atoms with E-state index in [1.807, 2.05) is 13.8 Å². The van der Waals surface area contributed by atoms with E-state index in [1.165, 1.54) is 64.6 Å². The Bertz CT molecular complexity index is 402. The minimum absolute atomic E-state index is 0.333. The van der Waals surface area contributed by atoms with Crippen molar-refractivity contribution in [2.45, 2.75) is 123 Å². The van der Waals surface area contributed by atoms with Crippen molar-refractivity contribution in [3.05, 3.63) is 0 Å². The summed E-state index contributed by atoms with van der Waals surface area (Å²) in [5, 5.41) is 18.9. The van der Waals surface area contributed by atoms with Crippen LogP contribution in [0, 0.1) is 0 Å². The topological polar surface area (TPSA) is 112 Å². The van der Waals surface area contributed by atoms with Crippen LogP contribution in [0.3, 0.4) is 0 Å². The molecule has 3 atom stereocenters. The summed E-state index contributed by atoms with van der Waals surface area (Å²) in [5.41, 5.74) is 11.1. The van der Waals surface area contributed by atoms with Gasteiger partial charge >= 0.3 is 0 Å². The lowest BCUT2D eigenvalue weighted by molar-refractivity contribution is 0.176. The van der Waals surface area contributed by atoms with Crippen LogP contribution >= 0.6 is 0 Å². The van der Waals surface area contributed by atoms with E-state index in [2.05, 4.69) is 48.5 Å². The molecule has 2 rings (SSSR count). The zero-order chi connectivity index (χ0) is 24.4. The van der Waals surface area contributed by atoms with Gasteiger partial charge in [0, 0.05) is 56.4 Å². The number of nitrogens with zero attached hydrogens (tertiary/aromatic N) is 1. The first-order chi connectivity index (χ1) is 15.1. The van der Waals surface area contributed by atoms with E-state index < -0.39 is 6.10 Å². The molecule has 1 saturated carbocycles. The van der Waals surface area contributed by atoms with Crippen molar-refractivity contribution in [3.63, 3.8) is 0 Å². The molecule has 0 aromatic carbocycles. The fourth-order valence-corrected chi connectivity index (χ4v) is 3.94. The van der Waals surface area contributed by atoms with Crippen molar-refractivity contribution in [1.29, 1.82) is 0 Å². The molecule has 0 bridgehead atoms. The molecular formula is C25H58N6O. The number of nitrogens with two attached hydrogens (primary N) is 2. The minimum Gasteiger partial charge on any atom is -0.390 e. The standard InChI is InChI=1S/C10H22N2.C9H20N2.C6H16N2O/c1-10(2)11-6-9-12-7-4-3-5-8-12;1-7(2)11-9-6-4-3-5-8(9)10;1-5(2)8-4-6(9)3-7/h10-11H,3-9H2,1-2H3;7-9,11H,3-6,10H2,1-2H3;5-6,8-9H,3-4,7H2,1-2H3.